The summed E-state index contributed by atoms with van der Waals surface area (Å²) in [6.07, 6.45) is 6.13. The summed E-state index contributed by atoms with van der Waals surface area (Å²) < 4.78 is 7.14. The van der Waals surface area contributed by atoms with Gasteiger partial charge in [0.1, 0.15) is 0 Å². The molecule has 1 heterocycles. The Hall–Kier alpha value is -1.25. The number of hydrogen-bond acceptors (Lipinski definition) is 2. The Bertz CT molecular complexity index is 357. The van der Waals surface area contributed by atoms with Gasteiger partial charge in [0, 0.05) is 12.7 Å². The third-order valence-corrected chi connectivity index (χ3v) is 2.45. The number of ether oxygens (including phenoxy) is 1. The fraction of sp³-hybridized carbons (Fsp3) is 0.615. The average molecular weight is 223 g/mol. The molecule has 0 saturated carbocycles. The summed E-state index contributed by atoms with van der Waals surface area (Å²) in [5.74, 6) is 0.473. The van der Waals surface area contributed by atoms with Crippen molar-refractivity contribution in [2.75, 3.05) is 6.61 Å². The molecule has 0 amide bonds. The highest BCUT2D eigenvalue weighted by Gasteiger charge is 2.02. The van der Waals surface area contributed by atoms with E-state index in [-0.39, 0.29) is 5.56 Å². The van der Waals surface area contributed by atoms with E-state index in [1.54, 1.807) is 10.6 Å². The Labute approximate surface area is 97.1 Å². The average Bonchev–Trinajstić information content (AvgIpc) is 2.30. The highest BCUT2D eigenvalue weighted by Crippen LogP contribution is 2.04. The Morgan fingerprint density at radius 1 is 1.25 bits per heavy atom. The molecule has 0 bridgehead atoms. The SMILES string of the molecule is CCCCCn1cccc(OCCC)c1=O. The van der Waals surface area contributed by atoms with Crippen LogP contribution in [0.2, 0.25) is 0 Å². The van der Waals surface area contributed by atoms with Crippen LogP contribution < -0.4 is 10.3 Å². The van der Waals surface area contributed by atoms with E-state index in [0.29, 0.717) is 12.4 Å². The van der Waals surface area contributed by atoms with Gasteiger partial charge < -0.3 is 9.30 Å². The number of aryl methyl sites for hydroxylation is 1. The van der Waals surface area contributed by atoms with Crippen molar-refractivity contribution < 1.29 is 4.74 Å². The van der Waals surface area contributed by atoms with E-state index < -0.39 is 0 Å². The fourth-order valence-corrected chi connectivity index (χ4v) is 1.54. The van der Waals surface area contributed by atoms with Gasteiger partial charge in [0.05, 0.1) is 6.61 Å². The molecule has 0 spiro atoms. The molecule has 0 aliphatic carbocycles. The van der Waals surface area contributed by atoms with Crippen LogP contribution in [0.3, 0.4) is 0 Å². The molecule has 90 valence electrons. The van der Waals surface area contributed by atoms with E-state index in [9.17, 15) is 4.79 Å². The third-order valence-electron chi connectivity index (χ3n) is 2.45. The van der Waals surface area contributed by atoms with E-state index in [2.05, 4.69) is 6.92 Å². The number of rotatable bonds is 7. The molecule has 0 fully saturated rings. The molecule has 0 aliphatic heterocycles. The monoisotopic (exact) mass is 223 g/mol. The van der Waals surface area contributed by atoms with Gasteiger partial charge >= 0.3 is 0 Å². The van der Waals surface area contributed by atoms with Gasteiger partial charge in [-0.05, 0) is 25.0 Å². The van der Waals surface area contributed by atoms with Gasteiger partial charge in [0.25, 0.3) is 5.56 Å². The zero-order chi connectivity index (χ0) is 11.8. The van der Waals surface area contributed by atoms with Gasteiger partial charge in [-0.3, -0.25) is 4.79 Å². The first kappa shape index (κ1) is 12.8. The van der Waals surface area contributed by atoms with Crippen LogP contribution in [0.15, 0.2) is 23.1 Å². The summed E-state index contributed by atoms with van der Waals surface area (Å²) in [6.45, 7) is 5.58. The molecule has 1 aromatic heterocycles. The molecule has 0 unspecified atom stereocenters. The molecule has 0 N–H and O–H groups in total. The number of aromatic nitrogens is 1. The predicted octanol–water partition coefficient (Wildman–Crippen LogP) is 2.83. The molecule has 1 rings (SSSR count). The van der Waals surface area contributed by atoms with Crippen molar-refractivity contribution in [2.24, 2.45) is 0 Å². The molecule has 0 aromatic carbocycles. The Morgan fingerprint density at radius 3 is 2.75 bits per heavy atom. The normalized spacial score (nSPS) is 10.4. The lowest BCUT2D eigenvalue weighted by atomic mass is 10.2. The van der Waals surface area contributed by atoms with E-state index in [1.165, 1.54) is 6.42 Å². The highest BCUT2D eigenvalue weighted by atomic mass is 16.5. The van der Waals surface area contributed by atoms with E-state index >= 15 is 0 Å². The number of unbranched alkanes of at least 4 members (excludes halogenated alkanes) is 2. The first-order valence-corrected chi connectivity index (χ1v) is 6.11. The molecular formula is C13H21NO2. The molecule has 0 atom stereocenters. The van der Waals surface area contributed by atoms with E-state index in [1.807, 2.05) is 19.2 Å². The minimum atomic E-state index is -0.00736. The third kappa shape index (κ3) is 3.72. The maximum Gasteiger partial charge on any atom is 0.292 e. The van der Waals surface area contributed by atoms with Crippen LogP contribution in [0.5, 0.6) is 5.75 Å². The minimum absolute atomic E-state index is 0.00736. The lowest BCUT2D eigenvalue weighted by molar-refractivity contribution is 0.310. The molecular weight excluding hydrogens is 202 g/mol. The summed E-state index contributed by atoms with van der Waals surface area (Å²) >= 11 is 0. The van der Waals surface area contributed by atoms with Crippen LogP contribution in [0, 0.1) is 0 Å². The lowest BCUT2D eigenvalue weighted by Gasteiger charge is -2.08. The molecule has 16 heavy (non-hydrogen) atoms. The van der Waals surface area contributed by atoms with Gasteiger partial charge in [0.2, 0.25) is 0 Å². The molecule has 0 radical (unpaired) electrons. The van der Waals surface area contributed by atoms with Gasteiger partial charge in [-0.25, -0.2) is 0 Å². The maximum absolute atomic E-state index is 11.9. The van der Waals surface area contributed by atoms with Crippen molar-refractivity contribution >= 4 is 0 Å². The summed E-state index contributed by atoms with van der Waals surface area (Å²) in [5, 5.41) is 0. The second-order valence-corrected chi connectivity index (χ2v) is 3.93. The fourth-order valence-electron chi connectivity index (χ4n) is 1.54. The predicted molar refractivity (Wildman–Crippen MR) is 66.0 cm³/mol. The Kier molecular flexibility index (Phi) is 5.68. The molecule has 1 aromatic rings. The summed E-state index contributed by atoms with van der Waals surface area (Å²) in [4.78, 5) is 11.9. The first-order valence-electron chi connectivity index (χ1n) is 6.11. The second kappa shape index (κ2) is 7.09. The van der Waals surface area contributed by atoms with Crippen molar-refractivity contribution in [1.82, 2.24) is 4.57 Å². The Balaban J connectivity index is 2.66. The van der Waals surface area contributed by atoms with E-state index in [0.717, 1.165) is 25.8 Å². The standard InChI is InChI=1S/C13H21NO2/c1-3-5-6-9-14-10-7-8-12(13(14)15)16-11-4-2/h7-8,10H,3-6,9,11H2,1-2H3. The van der Waals surface area contributed by atoms with Crippen LogP contribution in [0.25, 0.3) is 0 Å². The molecule has 3 heteroatoms. The topological polar surface area (TPSA) is 31.2 Å². The highest BCUT2D eigenvalue weighted by molar-refractivity contribution is 5.17. The number of hydrogen-bond donors (Lipinski definition) is 0. The molecule has 0 aliphatic rings. The molecule has 0 saturated heterocycles. The van der Waals surface area contributed by atoms with Crippen LogP contribution in [-0.4, -0.2) is 11.2 Å². The zero-order valence-corrected chi connectivity index (χ0v) is 10.2. The molecule has 3 nitrogen and oxygen atoms in total. The van der Waals surface area contributed by atoms with Crippen molar-refractivity contribution in [2.45, 2.75) is 46.1 Å². The van der Waals surface area contributed by atoms with Crippen LogP contribution in [0.1, 0.15) is 39.5 Å². The largest absolute Gasteiger partial charge is 0.488 e. The van der Waals surface area contributed by atoms with Crippen LogP contribution in [-0.2, 0) is 6.54 Å². The number of nitrogens with zero attached hydrogens (tertiary/aromatic N) is 1. The van der Waals surface area contributed by atoms with Crippen LogP contribution >= 0.6 is 0 Å². The van der Waals surface area contributed by atoms with Crippen molar-refractivity contribution in [1.29, 1.82) is 0 Å². The second-order valence-electron chi connectivity index (χ2n) is 3.93. The van der Waals surface area contributed by atoms with Gasteiger partial charge in [0.15, 0.2) is 5.75 Å². The van der Waals surface area contributed by atoms with Crippen molar-refractivity contribution in [3.05, 3.63) is 28.7 Å². The summed E-state index contributed by atoms with van der Waals surface area (Å²) in [7, 11) is 0. The van der Waals surface area contributed by atoms with Crippen molar-refractivity contribution in [3.63, 3.8) is 0 Å². The van der Waals surface area contributed by atoms with Gasteiger partial charge in [-0.2, -0.15) is 0 Å². The first-order chi connectivity index (χ1) is 7.79. The van der Waals surface area contributed by atoms with E-state index in [4.69, 9.17) is 4.74 Å². The van der Waals surface area contributed by atoms with Crippen molar-refractivity contribution in [3.8, 4) is 5.75 Å². The maximum atomic E-state index is 11.9. The van der Waals surface area contributed by atoms with Crippen LogP contribution in [0.4, 0.5) is 0 Å². The summed E-state index contributed by atoms with van der Waals surface area (Å²) in [5.41, 5.74) is -0.00736. The zero-order valence-electron chi connectivity index (χ0n) is 10.2. The minimum Gasteiger partial charge on any atom is -0.488 e. The Morgan fingerprint density at radius 2 is 2.06 bits per heavy atom. The smallest absolute Gasteiger partial charge is 0.292 e. The quantitative estimate of drug-likeness (QED) is 0.666. The lowest BCUT2D eigenvalue weighted by Crippen LogP contribution is -2.21. The van der Waals surface area contributed by atoms with Gasteiger partial charge in [-0.1, -0.05) is 26.7 Å². The van der Waals surface area contributed by atoms with Gasteiger partial charge in [-0.15, -0.1) is 0 Å². The number of pyridine rings is 1. The summed E-state index contributed by atoms with van der Waals surface area (Å²) in [6, 6.07) is 3.62.